The summed E-state index contributed by atoms with van der Waals surface area (Å²) in [7, 11) is 1.82. The Kier molecular flexibility index (Phi) is 4.04. The van der Waals surface area contributed by atoms with Crippen molar-refractivity contribution in [1.82, 2.24) is 14.8 Å². The zero-order valence-electron chi connectivity index (χ0n) is 11.4. The van der Waals surface area contributed by atoms with E-state index in [0.717, 1.165) is 11.3 Å². The van der Waals surface area contributed by atoms with E-state index in [2.05, 4.69) is 31.3 Å². The van der Waals surface area contributed by atoms with Crippen LogP contribution in [0.3, 0.4) is 0 Å². The molecule has 0 aliphatic carbocycles. The van der Waals surface area contributed by atoms with Crippen molar-refractivity contribution in [3.05, 3.63) is 51.8 Å². The maximum Gasteiger partial charge on any atom is 0.258 e. The van der Waals surface area contributed by atoms with Crippen LogP contribution in [-0.2, 0) is 7.05 Å². The van der Waals surface area contributed by atoms with Crippen molar-refractivity contribution >= 4 is 38.3 Å². The normalized spacial score (nSPS) is 10.7. The third-order valence-corrected chi connectivity index (χ3v) is 4.35. The van der Waals surface area contributed by atoms with Crippen LogP contribution in [0.5, 0.6) is 0 Å². The number of aromatic nitrogens is 3. The molecule has 1 aromatic carbocycles. The van der Waals surface area contributed by atoms with Crippen molar-refractivity contribution in [3.63, 3.8) is 0 Å². The van der Waals surface area contributed by atoms with Crippen molar-refractivity contribution in [1.29, 1.82) is 0 Å². The van der Waals surface area contributed by atoms with Crippen LogP contribution in [0.2, 0.25) is 0 Å². The lowest BCUT2D eigenvalue weighted by atomic mass is 10.2. The second-order valence-electron chi connectivity index (χ2n) is 4.52. The Labute approximate surface area is 137 Å². The van der Waals surface area contributed by atoms with Gasteiger partial charge in [0.05, 0.1) is 17.5 Å². The number of hydrogen-bond acceptors (Lipinski definition) is 4. The van der Waals surface area contributed by atoms with E-state index in [1.165, 1.54) is 29.5 Å². The summed E-state index contributed by atoms with van der Waals surface area (Å²) in [5.74, 6) is -0.887. The van der Waals surface area contributed by atoms with Gasteiger partial charge in [0.1, 0.15) is 5.82 Å². The number of carbonyl (C=O) groups is 1. The summed E-state index contributed by atoms with van der Waals surface area (Å²) in [6.07, 6.45) is 3.54. The minimum atomic E-state index is -0.469. The average molecular weight is 381 g/mol. The van der Waals surface area contributed by atoms with E-state index in [1.807, 2.05) is 18.6 Å². The highest BCUT2D eigenvalue weighted by molar-refractivity contribution is 9.10. The van der Waals surface area contributed by atoms with Crippen molar-refractivity contribution in [2.75, 3.05) is 5.32 Å². The standard InChI is InChI=1S/C14H10BrFN4OS/c1-20-6-8(5-17-20)12-7-22-14(18-12)19-13(21)10-4-9(16)2-3-11(10)15/h2-7H,1H3,(H,18,19,21). The summed E-state index contributed by atoms with van der Waals surface area (Å²) in [5.41, 5.74) is 1.82. The molecule has 0 bridgehead atoms. The quantitative estimate of drug-likeness (QED) is 0.753. The highest BCUT2D eigenvalue weighted by atomic mass is 79.9. The van der Waals surface area contributed by atoms with Gasteiger partial charge in [-0.15, -0.1) is 11.3 Å². The van der Waals surface area contributed by atoms with E-state index in [-0.39, 0.29) is 5.56 Å². The predicted molar refractivity (Wildman–Crippen MR) is 86.4 cm³/mol. The molecule has 112 valence electrons. The van der Waals surface area contributed by atoms with E-state index < -0.39 is 11.7 Å². The number of anilines is 1. The Bertz CT molecular complexity index is 845. The van der Waals surface area contributed by atoms with Crippen LogP contribution >= 0.6 is 27.3 Å². The number of carbonyl (C=O) groups excluding carboxylic acids is 1. The first-order valence-corrected chi connectivity index (χ1v) is 7.91. The largest absolute Gasteiger partial charge is 0.298 e. The van der Waals surface area contributed by atoms with Crippen LogP contribution in [0.15, 0.2) is 40.4 Å². The Morgan fingerprint density at radius 1 is 1.45 bits per heavy atom. The van der Waals surface area contributed by atoms with Crippen molar-refractivity contribution in [2.45, 2.75) is 0 Å². The van der Waals surface area contributed by atoms with Crippen LogP contribution in [0.25, 0.3) is 11.3 Å². The minimum Gasteiger partial charge on any atom is -0.298 e. The molecule has 0 unspecified atom stereocenters. The molecule has 0 saturated carbocycles. The molecule has 2 aromatic heterocycles. The topological polar surface area (TPSA) is 59.8 Å². The van der Waals surface area contributed by atoms with E-state index in [0.29, 0.717) is 9.60 Å². The second kappa shape index (κ2) is 5.98. The number of rotatable bonds is 3. The summed E-state index contributed by atoms with van der Waals surface area (Å²) < 4.78 is 15.5. The molecule has 0 saturated heterocycles. The SMILES string of the molecule is Cn1cc(-c2csc(NC(=O)c3cc(F)ccc3Br)n2)cn1. The van der Waals surface area contributed by atoms with Gasteiger partial charge in [0.15, 0.2) is 5.13 Å². The molecule has 0 atom stereocenters. The Balaban J connectivity index is 1.80. The number of halogens is 2. The van der Waals surface area contributed by atoms with E-state index in [9.17, 15) is 9.18 Å². The van der Waals surface area contributed by atoms with Gasteiger partial charge >= 0.3 is 0 Å². The van der Waals surface area contributed by atoms with E-state index >= 15 is 0 Å². The number of nitrogens with one attached hydrogen (secondary N) is 1. The van der Waals surface area contributed by atoms with E-state index in [4.69, 9.17) is 0 Å². The number of amides is 1. The minimum absolute atomic E-state index is 0.220. The fraction of sp³-hybridized carbons (Fsp3) is 0.0714. The third-order valence-electron chi connectivity index (χ3n) is 2.90. The van der Waals surface area contributed by atoms with Gasteiger partial charge in [-0.25, -0.2) is 9.37 Å². The van der Waals surface area contributed by atoms with Gasteiger partial charge < -0.3 is 0 Å². The van der Waals surface area contributed by atoms with Crippen molar-refractivity contribution < 1.29 is 9.18 Å². The molecule has 8 heteroatoms. The van der Waals surface area contributed by atoms with Crippen LogP contribution < -0.4 is 5.32 Å². The van der Waals surface area contributed by atoms with Crippen LogP contribution in [-0.4, -0.2) is 20.7 Å². The lowest BCUT2D eigenvalue weighted by Gasteiger charge is -2.04. The summed E-state index contributed by atoms with van der Waals surface area (Å²) >= 11 is 4.53. The molecule has 22 heavy (non-hydrogen) atoms. The number of thiazole rings is 1. The zero-order chi connectivity index (χ0) is 15.7. The lowest BCUT2D eigenvalue weighted by molar-refractivity contribution is 0.102. The Hall–Kier alpha value is -2.06. The van der Waals surface area contributed by atoms with Crippen molar-refractivity contribution in [2.24, 2.45) is 7.05 Å². The van der Waals surface area contributed by atoms with Gasteiger partial charge in [-0.3, -0.25) is 14.8 Å². The molecule has 0 radical (unpaired) electrons. The van der Waals surface area contributed by atoms with Gasteiger partial charge in [-0.1, -0.05) is 0 Å². The maximum atomic E-state index is 13.3. The maximum absolute atomic E-state index is 13.3. The molecule has 3 aromatic rings. The average Bonchev–Trinajstić information content (AvgIpc) is 3.10. The van der Waals surface area contributed by atoms with Gasteiger partial charge in [0.2, 0.25) is 0 Å². The highest BCUT2D eigenvalue weighted by Gasteiger charge is 2.14. The molecule has 0 aliphatic heterocycles. The van der Waals surface area contributed by atoms with Gasteiger partial charge in [0.25, 0.3) is 5.91 Å². The van der Waals surface area contributed by atoms with E-state index in [1.54, 1.807) is 10.9 Å². The zero-order valence-corrected chi connectivity index (χ0v) is 13.8. The molecule has 0 aliphatic rings. The summed E-state index contributed by atoms with van der Waals surface area (Å²) in [5, 5.41) is 9.02. The molecule has 1 amide bonds. The molecule has 0 spiro atoms. The second-order valence-corrected chi connectivity index (χ2v) is 6.23. The number of nitrogens with zero attached hydrogens (tertiary/aromatic N) is 3. The Morgan fingerprint density at radius 3 is 3.00 bits per heavy atom. The fourth-order valence-corrected chi connectivity index (χ4v) is 2.99. The summed E-state index contributed by atoms with van der Waals surface area (Å²) in [6, 6.07) is 3.95. The smallest absolute Gasteiger partial charge is 0.258 e. The molecule has 1 N–H and O–H groups in total. The van der Waals surface area contributed by atoms with Gasteiger partial charge in [0, 0.05) is 28.7 Å². The van der Waals surface area contributed by atoms with Crippen LogP contribution in [0.4, 0.5) is 9.52 Å². The predicted octanol–water partition coefficient (Wildman–Crippen LogP) is 3.70. The van der Waals surface area contributed by atoms with Gasteiger partial charge in [-0.05, 0) is 34.1 Å². The monoisotopic (exact) mass is 380 g/mol. The van der Waals surface area contributed by atoms with Crippen LogP contribution in [0.1, 0.15) is 10.4 Å². The number of benzene rings is 1. The van der Waals surface area contributed by atoms with Crippen LogP contribution in [0, 0.1) is 5.82 Å². The Morgan fingerprint density at radius 2 is 2.27 bits per heavy atom. The molecule has 2 heterocycles. The molecule has 3 rings (SSSR count). The molecule has 0 fully saturated rings. The fourth-order valence-electron chi connectivity index (χ4n) is 1.85. The molecular formula is C14H10BrFN4OS. The first-order valence-electron chi connectivity index (χ1n) is 6.24. The third kappa shape index (κ3) is 3.07. The summed E-state index contributed by atoms with van der Waals surface area (Å²) in [4.78, 5) is 16.5. The first kappa shape index (κ1) is 14.9. The highest BCUT2D eigenvalue weighted by Crippen LogP contribution is 2.25. The molecule has 5 nitrogen and oxygen atoms in total. The lowest BCUT2D eigenvalue weighted by Crippen LogP contribution is -2.12. The van der Waals surface area contributed by atoms with Crippen molar-refractivity contribution in [3.8, 4) is 11.3 Å². The number of hydrogen-bond donors (Lipinski definition) is 1. The first-order chi connectivity index (χ1) is 10.5. The van der Waals surface area contributed by atoms with Gasteiger partial charge in [-0.2, -0.15) is 5.10 Å². The molecular weight excluding hydrogens is 371 g/mol. The summed E-state index contributed by atoms with van der Waals surface area (Å²) in [6.45, 7) is 0. The number of aryl methyl sites for hydroxylation is 1.